The van der Waals surface area contributed by atoms with Crippen LogP contribution in [0.2, 0.25) is 0 Å². The number of carbonyl (C=O) groups is 1. The molecule has 2 rings (SSSR count). The molecular weight excluding hydrogens is 335 g/mol. The van der Waals surface area contributed by atoms with Gasteiger partial charge in [0.2, 0.25) is 10.0 Å². The van der Waals surface area contributed by atoms with Crippen LogP contribution in [0.1, 0.15) is 25.3 Å². The fourth-order valence-corrected chi connectivity index (χ4v) is 4.44. The number of hydrogen-bond donors (Lipinski definition) is 1. The van der Waals surface area contributed by atoms with E-state index in [2.05, 4.69) is 0 Å². The first kappa shape index (κ1) is 17.7. The lowest BCUT2D eigenvalue weighted by atomic mass is 9.92. The molecule has 0 bridgehead atoms. The predicted molar refractivity (Wildman–Crippen MR) is 75.2 cm³/mol. The van der Waals surface area contributed by atoms with Crippen LogP contribution in [-0.2, 0) is 21.0 Å². The van der Waals surface area contributed by atoms with E-state index in [-0.39, 0.29) is 11.4 Å². The smallest absolute Gasteiger partial charge is 0.416 e. The Labute approximate surface area is 131 Å². The number of hydrogen-bond acceptors (Lipinski definition) is 3. The van der Waals surface area contributed by atoms with E-state index in [4.69, 9.17) is 5.11 Å². The van der Waals surface area contributed by atoms with E-state index in [0.29, 0.717) is 25.0 Å². The standard InChI is InChI=1S/C14H16F3NO4S/c1-9-12(13(19)20)3-2-8-18(9)23(21,22)11-6-4-10(5-7-11)14(15,16)17/h4-7,9,12H,2-3,8H2,1H3,(H,19,20)/t9-,12-/m1/s1. The minimum Gasteiger partial charge on any atom is -0.481 e. The van der Waals surface area contributed by atoms with Crippen LogP contribution in [0.3, 0.4) is 0 Å². The first-order valence-corrected chi connectivity index (χ1v) is 8.41. The number of nitrogens with zero attached hydrogens (tertiary/aromatic N) is 1. The molecule has 0 radical (unpaired) electrons. The normalized spacial score (nSPS) is 23.7. The number of aliphatic carboxylic acids is 1. The molecule has 1 fully saturated rings. The summed E-state index contributed by atoms with van der Waals surface area (Å²) in [5.41, 5.74) is -0.938. The zero-order chi connectivity index (χ0) is 17.4. The number of sulfonamides is 1. The van der Waals surface area contributed by atoms with Crippen molar-refractivity contribution in [3.63, 3.8) is 0 Å². The molecule has 1 N–H and O–H groups in total. The Morgan fingerprint density at radius 2 is 1.83 bits per heavy atom. The quantitative estimate of drug-likeness (QED) is 0.908. The van der Waals surface area contributed by atoms with Crippen molar-refractivity contribution in [2.75, 3.05) is 6.54 Å². The Balaban J connectivity index is 2.32. The number of halogens is 3. The number of carboxylic acid groups (broad SMARTS) is 1. The van der Waals surface area contributed by atoms with Gasteiger partial charge >= 0.3 is 12.1 Å². The van der Waals surface area contributed by atoms with Crippen molar-refractivity contribution in [1.82, 2.24) is 4.31 Å². The predicted octanol–water partition coefficient (Wildman–Crippen LogP) is 2.58. The van der Waals surface area contributed by atoms with Gasteiger partial charge in [-0.15, -0.1) is 0 Å². The maximum atomic E-state index is 12.6. The Morgan fingerprint density at radius 1 is 1.26 bits per heavy atom. The van der Waals surface area contributed by atoms with Crippen LogP contribution < -0.4 is 0 Å². The van der Waals surface area contributed by atoms with Crippen molar-refractivity contribution in [2.45, 2.75) is 36.9 Å². The number of benzene rings is 1. The highest BCUT2D eigenvalue weighted by Gasteiger charge is 2.40. The first-order valence-electron chi connectivity index (χ1n) is 6.97. The highest BCUT2D eigenvalue weighted by Crippen LogP contribution is 2.32. The molecule has 1 aliphatic heterocycles. The second-order valence-electron chi connectivity index (χ2n) is 5.47. The van der Waals surface area contributed by atoms with Crippen molar-refractivity contribution in [1.29, 1.82) is 0 Å². The molecule has 1 heterocycles. The molecule has 0 aromatic heterocycles. The van der Waals surface area contributed by atoms with Crippen molar-refractivity contribution < 1.29 is 31.5 Å². The van der Waals surface area contributed by atoms with Crippen molar-refractivity contribution in [2.24, 2.45) is 5.92 Å². The first-order chi connectivity index (χ1) is 10.5. The maximum Gasteiger partial charge on any atom is 0.416 e. The van der Waals surface area contributed by atoms with Gasteiger partial charge in [0, 0.05) is 12.6 Å². The Bertz CT molecular complexity index is 685. The lowest BCUT2D eigenvalue weighted by Crippen LogP contribution is -2.48. The second-order valence-corrected chi connectivity index (χ2v) is 7.36. The minimum absolute atomic E-state index is 0.147. The average Bonchev–Trinajstić information content (AvgIpc) is 2.46. The van der Waals surface area contributed by atoms with Crippen LogP contribution in [0.5, 0.6) is 0 Å². The van der Waals surface area contributed by atoms with Gasteiger partial charge in [0.25, 0.3) is 0 Å². The van der Waals surface area contributed by atoms with Gasteiger partial charge in [0.1, 0.15) is 0 Å². The molecule has 5 nitrogen and oxygen atoms in total. The fourth-order valence-electron chi connectivity index (χ4n) is 2.73. The lowest BCUT2D eigenvalue weighted by molar-refractivity contribution is -0.144. The van der Waals surface area contributed by atoms with Crippen LogP contribution >= 0.6 is 0 Å². The number of rotatable bonds is 3. The second kappa shape index (κ2) is 6.12. The molecule has 1 aromatic rings. The third-order valence-electron chi connectivity index (χ3n) is 4.04. The molecular formula is C14H16F3NO4S. The van der Waals surface area contributed by atoms with Crippen LogP contribution in [0.4, 0.5) is 13.2 Å². The molecule has 0 aliphatic carbocycles. The lowest BCUT2D eigenvalue weighted by Gasteiger charge is -2.36. The van der Waals surface area contributed by atoms with Gasteiger partial charge < -0.3 is 5.11 Å². The highest BCUT2D eigenvalue weighted by molar-refractivity contribution is 7.89. The third kappa shape index (κ3) is 3.50. The van der Waals surface area contributed by atoms with Crippen molar-refractivity contribution in [3.05, 3.63) is 29.8 Å². The number of carboxylic acids is 1. The highest BCUT2D eigenvalue weighted by atomic mass is 32.2. The number of piperidine rings is 1. The van der Waals surface area contributed by atoms with Crippen LogP contribution in [0, 0.1) is 5.92 Å². The summed E-state index contributed by atoms with van der Waals surface area (Å²) in [6.45, 7) is 1.65. The van der Waals surface area contributed by atoms with Gasteiger partial charge in [-0.25, -0.2) is 8.42 Å². The van der Waals surface area contributed by atoms with E-state index >= 15 is 0 Å². The Kier molecular flexibility index (Phi) is 4.72. The Hall–Kier alpha value is -1.61. The maximum absolute atomic E-state index is 12.6. The molecule has 9 heteroatoms. The van der Waals surface area contributed by atoms with Crippen LogP contribution in [0.25, 0.3) is 0 Å². The summed E-state index contributed by atoms with van der Waals surface area (Å²) in [4.78, 5) is 10.9. The number of alkyl halides is 3. The van der Waals surface area contributed by atoms with Gasteiger partial charge in [0.15, 0.2) is 0 Å². The van der Waals surface area contributed by atoms with Crippen LogP contribution in [0.15, 0.2) is 29.2 Å². The molecule has 1 aromatic carbocycles. The summed E-state index contributed by atoms with van der Waals surface area (Å²) >= 11 is 0. The van der Waals surface area contributed by atoms with E-state index < -0.39 is 39.7 Å². The zero-order valence-corrected chi connectivity index (χ0v) is 13.1. The van der Waals surface area contributed by atoms with Gasteiger partial charge in [-0.05, 0) is 44.0 Å². The van der Waals surface area contributed by atoms with Crippen molar-refractivity contribution >= 4 is 16.0 Å². The fraction of sp³-hybridized carbons (Fsp3) is 0.500. The molecule has 0 saturated carbocycles. The summed E-state index contributed by atoms with van der Waals surface area (Å²) < 4.78 is 63.9. The molecule has 1 saturated heterocycles. The summed E-state index contributed by atoms with van der Waals surface area (Å²) in [7, 11) is -4.04. The summed E-state index contributed by atoms with van der Waals surface area (Å²) in [6, 6.07) is 2.45. The minimum atomic E-state index is -4.55. The summed E-state index contributed by atoms with van der Waals surface area (Å²) in [6.07, 6.45) is -3.79. The van der Waals surface area contributed by atoms with E-state index in [1.807, 2.05) is 0 Å². The molecule has 0 spiro atoms. The Morgan fingerprint density at radius 3 is 2.30 bits per heavy atom. The molecule has 0 unspecified atom stereocenters. The largest absolute Gasteiger partial charge is 0.481 e. The molecule has 0 amide bonds. The van der Waals surface area contributed by atoms with E-state index in [1.54, 1.807) is 0 Å². The molecule has 2 atom stereocenters. The van der Waals surface area contributed by atoms with Gasteiger partial charge in [-0.2, -0.15) is 17.5 Å². The summed E-state index contributed by atoms with van der Waals surface area (Å²) in [5, 5.41) is 9.14. The van der Waals surface area contributed by atoms with Gasteiger partial charge in [-0.3, -0.25) is 4.79 Å². The van der Waals surface area contributed by atoms with Crippen molar-refractivity contribution in [3.8, 4) is 0 Å². The van der Waals surface area contributed by atoms with E-state index in [0.717, 1.165) is 16.4 Å². The van der Waals surface area contributed by atoms with Crippen LogP contribution in [-0.4, -0.2) is 36.4 Å². The van der Waals surface area contributed by atoms with E-state index in [1.165, 1.54) is 6.92 Å². The average molecular weight is 351 g/mol. The molecule has 1 aliphatic rings. The van der Waals surface area contributed by atoms with Gasteiger partial charge in [0.05, 0.1) is 16.4 Å². The SMILES string of the molecule is C[C@@H]1[C@H](C(=O)O)CCCN1S(=O)(=O)c1ccc(C(F)(F)F)cc1. The third-order valence-corrected chi connectivity index (χ3v) is 6.04. The molecule has 128 valence electrons. The molecule has 23 heavy (non-hydrogen) atoms. The monoisotopic (exact) mass is 351 g/mol. The zero-order valence-electron chi connectivity index (χ0n) is 12.2. The van der Waals surface area contributed by atoms with Gasteiger partial charge in [-0.1, -0.05) is 0 Å². The summed E-state index contributed by atoms with van der Waals surface area (Å²) in [5.74, 6) is -1.90. The van der Waals surface area contributed by atoms with E-state index in [9.17, 15) is 26.4 Å². The topological polar surface area (TPSA) is 74.7 Å².